The fourth-order valence-corrected chi connectivity index (χ4v) is 2.77. The minimum absolute atomic E-state index is 0.0203. The zero-order valence-corrected chi connectivity index (χ0v) is 13.4. The van der Waals surface area contributed by atoms with Crippen LogP contribution in [0.2, 0.25) is 10.0 Å². The molecule has 2 amide bonds. The van der Waals surface area contributed by atoms with Crippen LogP contribution in [0, 0.1) is 0 Å². The number of nitrogens with two attached hydrogens (primary N) is 2. The van der Waals surface area contributed by atoms with Gasteiger partial charge in [0.25, 0.3) is 11.8 Å². The third kappa shape index (κ3) is 3.90. The predicted molar refractivity (Wildman–Crippen MR) is 81.7 cm³/mol. The molecular formula is C13H11Cl2F3N4O2. The second kappa shape index (κ2) is 6.48. The van der Waals surface area contributed by atoms with Crippen molar-refractivity contribution in [3.63, 3.8) is 0 Å². The molecule has 1 aromatic carbocycles. The molecule has 0 bridgehead atoms. The highest BCUT2D eigenvalue weighted by atomic mass is 35.5. The van der Waals surface area contributed by atoms with E-state index in [0.717, 1.165) is 0 Å². The lowest BCUT2D eigenvalue weighted by atomic mass is 10.0. The summed E-state index contributed by atoms with van der Waals surface area (Å²) >= 11 is 11.7. The van der Waals surface area contributed by atoms with E-state index in [2.05, 4.69) is 4.99 Å². The SMILES string of the molecule is NC(N)=NC(=O)C[C@H]1c2cc(Cl)c(Cl)cc2C(=O)N1CC(F)(F)F. The summed E-state index contributed by atoms with van der Waals surface area (Å²) in [6, 6.07) is 1.25. The summed E-state index contributed by atoms with van der Waals surface area (Å²) in [5.74, 6) is -2.29. The molecule has 6 nitrogen and oxygen atoms in total. The van der Waals surface area contributed by atoms with Crippen LogP contribution < -0.4 is 11.5 Å². The summed E-state index contributed by atoms with van der Waals surface area (Å²) in [6.07, 6.45) is -5.17. The zero-order chi connectivity index (χ0) is 18.2. The van der Waals surface area contributed by atoms with Crippen molar-refractivity contribution < 1.29 is 22.8 Å². The van der Waals surface area contributed by atoms with Gasteiger partial charge in [-0.15, -0.1) is 0 Å². The number of fused-ring (bicyclic) bond motifs is 1. The van der Waals surface area contributed by atoms with E-state index >= 15 is 0 Å². The van der Waals surface area contributed by atoms with Gasteiger partial charge in [-0.05, 0) is 17.7 Å². The van der Waals surface area contributed by atoms with Gasteiger partial charge in [0, 0.05) is 5.56 Å². The van der Waals surface area contributed by atoms with Gasteiger partial charge in [-0.25, -0.2) is 0 Å². The molecule has 130 valence electrons. The van der Waals surface area contributed by atoms with Crippen molar-refractivity contribution in [3.05, 3.63) is 33.3 Å². The zero-order valence-electron chi connectivity index (χ0n) is 11.9. The van der Waals surface area contributed by atoms with E-state index in [4.69, 9.17) is 34.7 Å². The van der Waals surface area contributed by atoms with E-state index < -0.39 is 43.0 Å². The van der Waals surface area contributed by atoms with Crippen LogP contribution in [-0.2, 0) is 4.79 Å². The predicted octanol–water partition coefficient (Wildman–Crippen LogP) is 2.24. The number of alkyl halides is 3. The van der Waals surface area contributed by atoms with Gasteiger partial charge < -0.3 is 16.4 Å². The number of guanidine groups is 1. The molecule has 0 radical (unpaired) electrons. The number of nitrogens with zero attached hydrogens (tertiary/aromatic N) is 2. The maximum absolute atomic E-state index is 12.8. The highest BCUT2D eigenvalue weighted by Crippen LogP contribution is 2.41. The minimum atomic E-state index is -4.65. The Kier molecular flexibility index (Phi) is 4.95. The molecule has 1 aromatic rings. The molecule has 1 atom stereocenters. The Labute approximate surface area is 144 Å². The van der Waals surface area contributed by atoms with Crippen molar-refractivity contribution in [3.8, 4) is 0 Å². The van der Waals surface area contributed by atoms with Crippen molar-refractivity contribution in [1.29, 1.82) is 0 Å². The standard InChI is InChI=1S/C13H11Cl2F3N4O2/c14-7-1-5-6(2-8(7)15)11(24)22(4-13(16,17)18)9(5)3-10(23)21-12(19)20/h1-2,9H,3-4H2,(H4,19,20,21,23)/t9-/m0/s1. The first-order valence-corrected chi connectivity index (χ1v) is 7.24. The van der Waals surface area contributed by atoms with Crippen LogP contribution in [0.5, 0.6) is 0 Å². The van der Waals surface area contributed by atoms with Crippen molar-refractivity contribution in [2.45, 2.75) is 18.6 Å². The molecule has 0 aliphatic carbocycles. The summed E-state index contributed by atoms with van der Waals surface area (Å²) in [6.45, 7) is -1.53. The van der Waals surface area contributed by atoms with Gasteiger partial charge >= 0.3 is 6.18 Å². The van der Waals surface area contributed by atoms with E-state index in [-0.39, 0.29) is 21.2 Å². The molecule has 0 aromatic heterocycles. The molecule has 1 heterocycles. The van der Waals surface area contributed by atoms with Gasteiger partial charge in [-0.3, -0.25) is 9.59 Å². The Hall–Kier alpha value is -2.00. The molecule has 4 N–H and O–H groups in total. The first kappa shape index (κ1) is 18.3. The van der Waals surface area contributed by atoms with Crippen molar-refractivity contribution in [1.82, 2.24) is 4.90 Å². The molecule has 1 aliphatic rings. The lowest BCUT2D eigenvalue weighted by Crippen LogP contribution is -2.37. The number of benzene rings is 1. The number of carbonyl (C=O) groups is 2. The first-order chi connectivity index (χ1) is 11.0. The van der Waals surface area contributed by atoms with Gasteiger partial charge in [-0.1, -0.05) is 23.2 Å². The quantitative estimate of drug-likeness (QED) is 0.618. The maximum Gasteiger partial charge on any atom is 0.406 e. The molecule has 24 heavy (non-hydrogen) atoms. The van der Waals surface area contributed by atoms with Crippen LogP contribution in [0.25, 0.3) is 0 Å². The molecular weight excluding hydrogens is 372 g/mol. The topological polar surface area (TPSA) is 102 Å². The smallest absolute Gasteiger partial charge is 0.370 e. The first-order valence-electron chi connectivity index (χ1n) is 6.48. The molecule has 2 rings (SSSR count). The largest absolute Gasteiger partial charge is 0.406 e. The van der Waals surface area contributed by atoms with E-state index in [1.807, 2.05) is 0 Å². The Balaban J connectivity index is 2.45. The summed E-state index contributed by atoms with van der Waals surface area (Å²) in [4.78, 5) is 27.8. The molecule has 0 saturated carbocycles. The van der Waals surface area contributed by atoms with Crippen LogP contribution in [-0.4, -0.2) is 35.4 Å². The molecule has 1 aliphatic heterocycles. The Morgan fingerprint density at radius 2 is 1.83 bits per heavy atom. The third-order valence-electron chi connectivity index (χ3n) is 3.29. The Morgan fingerprint density at radius 3 is 2.38 bits per heavy atom. The Bertz CT molecular complexity index is 733. The van der Waals surface area contributed by atoms with Crippen LogP contribution in [0.1, 0.15) is 28.4 Å². The van der Waals surface area contributed by atoms with Crippen LogP contribution in [0.15, 0.2) is 17.1 Å². The summed E-state index contributed by atoms with van der Waals surface area (Å²) in [5.41, 5.74) is 10.3. The monoisotopic (exact) mass is 382 g/mol. The molecule has 11 heteroatoms. The number of amides is 2. The molecule has 0 saturated heterocycles. The number of hydrogen-bond acceptors (Lipinski definition) is 2. The normalized spacial score (nSPS) is 17.0. The van der Waals surface area contributed by atoms with Crippen molar-refractivity contribution >= 4 is 41.0 Å². The highest BCUT2D eigenvalue weighted by Gasteiger charge is 2.44. The highest BCUT2D eigenvalue weighted by molar-refractivity contribution is 6.42. The summed E-state index contributed by atoms with van der Waals surface area (Å²) < 4.78 is 38.4. The average Bonchev–Trinajstić information content (AvgIpc) is 2.63. The van der Waals surface area contributed by atoms with Gasteiger partial charge in [0.2, 0.25) is 0 Å². The summed E-state index contributed by atoms with van der Waals surface area (Å²) in [7, 11) is 0. The van der Waals surface area contributed by atoms with Gasteiger partial charge in [0.1, 0.15) is 6.54 Å². The number of hydrogen-bond donors (Lipinski definition) is 2. The fourth-order valence-electron chi connectivity index (χ4n) is 2.44. The molecule has 0 fully saturated rings. The minimum Gasteiger partial charge on any atom is -0.370 e. The number of carbonyl (C=O) groups excluding carboxylic acids is 2. The van der Waals surface area contributed by atoms with Crippen LogP contribution in [0.4, 0.5) is 13.2 Å². The lowest BCUT2D eigenvalue weighted by molar-refractivity contribution is -0.145. The summed E-state index contributed by atoms with van der Waals surface area (Å²) in [5, 5.41) is 0.0725. The second-order valence-corrected chi connectivity index (χ2v) is 5.87. The van der Waals surface area contributed by atoms with E-state index in [1.165, 1.54) is 12.1 Å². The van der Waals surface area contributed by atoms with Crippen molar-refractivity contribution in [2.24, 2.45) is 16.5 Å². The molecule has 0 unspecified atom stereocenters. The van der Waals surface area contributed by atoms with Gasteiger partial charge in [0.05, 0.1) is 22.5 Å². The maximum atomic E-state index is 12.8. The number of rotatable bonds is 3. The average molecular weight is 383 g/mol. The van der Waals surface area contributed by atoms with E-state index in [1.54, 1.807) is 0 Å². The number of halogens is 5. The van der Waals surface area contributed by atoms with E-state index in [9.17, 15) is 22.8 Å². The molecule has 0 spiro atoms. The van der Waals surface area contributed by atoms with Gasteiger partial charge in [0.15, 0.2) is 5.96 Å². The number of aliphatic imine (C=N–C) groups is 1. The van der Waals surface area contributed by atoms with Crippen LogP contribution in [0.3, 0.4) is 0 Å². The Morgan fingerprint density at radius 1 is 1.25 bits per heavy atom. The van der Waals surface area contributed by atoms with Gasteiger partial charge in [-0.2, -0.15) is 18.2 Å². The third-order valence-corrected chi connectivity index (χ3v) is 4.01. The van der Waals surface area contributed by atoms with E-state index in [0.29, 0.717) is 4.90 Å². The fraction of sp³-hybridized carbons (Fsp3) is 0.308. The van der Waals surface area contributed by atoms with Crippen molar-refractivity contribution in [2.75, 3.05) is 6.54 Å². The lowest BCUT2D eigenvalue weighted by Gasteiger charge is -2.25. The second-order valence-electron chi connectivity index (χ2n) is 5.05. The van der Waals surface area contributed by atoms with Crippen LogP contribution >= 0.6 is 23.2 Å².